The Bertz CT molecular complexity index is 1510. The zero-order valence-electron chi connectivity index (χ0n) is 18.3. The van der Waals surface area contributed by atoms with Crippen LogP contribution in [0.1, 0.15) is 16.7 Å². The van der Waals surface area contributed by atoms with Gasteiger partial charge in [0.2, 0.25) is 11.6 Å². The van der Waals surface area contributed by atoms with Crippen LogP contribution in [0.15, 0.2) is 71.4 Å². The van der Waals surface area contributed by atoms with E-state index in [-0.39, 0.29) is 34.3 Å². The summed E-state index contributed by atoms with van der Waals surface area (Å²) in [6.45, 7) is 1.58. The summed E-state index contributed by atoms with van der Waals surface area (Å²) in [6.07, 6.45) is 1.38. The van der Waals surface area contributed by atoms with Crippen molar-refractivity contribution in [1.82, 2.24) is 0 Å². The zero-order valence-corrected chi connectivity index (χ0v) is 18.3. The normalized spacial score (nSPS) is 13.8. The standard InChI is InChI=1S/C23H14N4O9/c1-13-5-6-15(11-19(13)26(31)32)22-24-18(23(28)36-22)10-14-3-2-4-17(9-14)35-21-8-7-16(25(29)30)12-20(21)27(33)34/h2-12H,1H3. The van der Waals surface area contributed by atoms with E-state index in [9.17, 15) is 35.1 Å². The molecule has 1 heterocycles. The maximum Gasteiger partial charge on any atom is 0.363 e. The molecule has 3 aromatic rings. The highest BCUT2D eigenvalue weighted by atomic mass is 16.6. The van der Waals surface area contributed by atoms with Crippen molar-refractivity contribution in [1.29, 1.82) is 0 Å². The van der Waals surface area contributed by atoms with Crippen molar-refractivity contribution in [3.63, 3.8) is 0 Å². The van der Waals surface area contributed by atoms with Crippen LogP contribution in [0.2, 0.25) is 0 Å². The highest BCUT2D eigenvalue weighted by Gasteiger charge is 2.26. The molecule has 1 aliphatic heterocycles. The summed E-state index contributed by atoms with van der Waals surface area (Å²) in [6, 6.07) is 13.5. The molecule has 0 amide bonds. The predicted octanol–water partition coefficient (Wildman–Crippen LogP) is 4.86. The molecule has 0 bridgehead atoms. The molecular weight excluding hydrogens is 476 g/mol. The van der Waals surface area contributed by atoms with E-state index in [1.54, 1.807) is 25.1 Å². The number of carbonyl (C=O) groups is 1. The van der Waals surface area contributed by atoms with Crippen LogP contribution in [0.5, 0.6) is 11.5 Å². The summed E-state index contributed by atoms with van der Waals surface area (Å²) < 4.78 is 10.7. The lowest BCUT2D eigenvalue weighted by atomic mass is 10.1. The van der Waals surface area contributed by atoms with Crippen molar-refractivity contribution in [2.75, 3.05) is 0 Å². The molecule has 0 unspecified atom stereocenters. The minimum absolute atomic E-state index is 0.0771. The van der Waals surface area contributed by atoms with E-state index in [0.29, 0.717) is 11.1 Å². The Kier molecular flexibility index (Phi) is 6.20. The molecule has 0 saturated heterocycles. The third-order valence-electron chi connectivity index (χ3n) is 5.01. The lowest BCUT2D eigenvalue weighted by Crippen LogP contribution is -2.06. The number of esters is 1. The number of aliphatic imine (C=N–C) groups is 1. The van der Waals surface area contributed by atoms with E-state index in [0.717, 1.165) is 18.2 Å². The smallest absolute Gasteiger partial charge is 0.363 e. The van der Waals surface area contributed by atoms with Crippen LogP contribution in [-0.2, 0) is 9.53 Å². The first kappa shape index (κ1) is 23.7. The first-order chi connectivity index (χ1) is 17.1. The molecule has 0 N–H and O–H groups in total. The third kappa shape index (κ3) is 4.89. The second kappa shape index (κ2) is 9.42. The molecule has 180 valence electrons. The molecule has 13 heteroatoms. The van der Waals surface area contributed by atoms with E-state index in [2.05, 4.69) is 4.99 Å². The van der Waals surface area contributed by atoms with Crippen LogP contribution >= 0.6 is 0 Å². The van der Waals surface area contributed by atoms with Crippen molar-refractivity contribution in [3.05, 3.63) is 113 Å². The number of nitrogens with zero attached hydrogens (tertiary/aromatic N) is 4. The highest BCUT2D eigenvalue weighted by molar-refractivity contribution is 6.13. The van der Waals surface area contributed by atoms with Crippen LogP contribution in [0.4, 0.5) is 17.1 Å². The molecule has 0 fully saturated rings. The number of hydrogen-bond acceptors (Lipinski definition) is 10. The topological polar surface area (TPSA) is 177 Å². The fraction of sp³-hybridized carbons (Fsp3) is 0.0435. The number of aryl methyl sites for hydroxylation is 1. The van der Waals surface area contributed by atoms with Crippen LogP contribution in [0, 0.1) is 37.3 Å². The Morgan fingerprint density at radius 3 is 2.33 bits per heavy atom. The second-order valence-electron chi connectivity index (χ2n) is 7.44. The Morgan fingerprint density at radius 1 is 0.889 bits per heavy atom. The van der Waals surface area contributed by atoms with Gasteiger partial charge in [-0.3, -0.25) is 30.3 Å². The van der Waals surface area contributed by atoms with Gasteiger partial charge in [-0.25, -0.2) is 9.79 Å². The van der Waals surface area contributed by atoms with E-state index in [1.807, 2.05) is 0 Å². The van der Waals surface area contributed by atoms with Gasteiger partial charge in [0.1, 0.15) is 5.75 Å². The Hall–Kier alpha value is -5.46. The van der Waals surface area contributed by atoms with Gasteiger partial charge < -0.3 is 9.47 Å². The molecule has 0 saturated carbocycles. The van der Waals surface area contributed by atoms with Crippen molar-refractivity contribution in [3.8, 4) is 11.5 Å². The van der Waals surface area contributed by atoms with Crippen molar-refractivity contribution in [2.45, 2.75) is 6.92 Å². The highest BCUT2D eigenvalue weighted by Crippen LogP contribution is 2.35. The summed E-state index contributed by atoms with van der Waals surface area (Å²) in [7, 11) is 0. The van der Waals surface area contributed by atoms with E-state index in [4.69, 9.17) is 9.47 Å². The van der Waals surface area contributed by atoms with Gasteiger partial charge in [-0.05, 0) is 42.8 Å². The Balaban J connectivity index is 1.62. The van der Waals surface area contributed by atoms with Gasteiger partial charge in [0.25, 0.3) is 11.4 Å². The molecule has 0 atom stereocenters. The summed E-state index contributed by atoms with van der Waals surface area (Å²) in [5, 5.41) is 33.4. The minimum atomic E-state index is -0.797. The van der Waals surface area contributed by atoms with Crippen molar-refractivity contribution < 1.29 is 29.0 Å². The number of nitro groups is 3. The number of benzene rings is 3. The van der Waals surface area contributed by atoms with Crippen molar-refractivity contribution in [2.24, 2.45) is 4.99 Å². The van der Waals surface area contributed by atoms with Gasteiger partial charge in [0.05, 0.1) is 20.8 Å². The van der Waals surface area contributed by atoms with Gasteiger partial charge in [-0.1, -0.05) is 18.2 Å². The Labute approximate surface area is 201 Å². The van der Waals surface area contributed by atoms with Gasteiger partial charge in [0.15, 0.2) is 5.70 Å². The van der Waals surface area contributed by atoms with Crippen LogP contribution in [0.3, 0.4) is 0 Å². The molecule has 1 aliphatic rings. The zero-order chi connectivity index (χ0) is 26.0. The van der Waals surface area contributed by atoms with Gasteiger partial charge in [-0.2, -0.15) is 0 Å². The molecular formula is C23H14N4O9. The molecule has 0 aliphatic carbocycles. The number of nitro benzene ring substituents is 3. The monoisotopic (exact) mass is 490 g/mol. The maximum atomic E-state index is 12.3. The first-order valence-corrected chi connectivity index (χ1v) is 10.1. The molecule has 13 nitrogen and oxygen atoms in total. The fourth-order valence-electron chi connectivity index (χ4n) is 3.27. The van der Waals surface area contributed by atoms with Crippen LogP contribution < -0.4 is 4.74 Å². The number of hydrogen-bond donors (Lipinski definition) is 0. The summed E-state index contributed by atoms with van der Waals surface area (Å²) in [5.41, 5.74) is -0.140. The quantitative estimate of drug-likeness (QED) is 0.194. The largest absolute Gasteiger partial charge is 0.450 e. The summed E-state index contributed by atoms with van der Waals surface area (Å²) in [4.78, 5) is 47.8. The summed E-state index contributed by atoms with van der Waals surface area (Å²) in [5.74, 6) is -0.920. The molecule has 3 aromatic carbocycles. The van der Waals surface area contributed by atoms with E-state index in [1.165, 1.54) is 30.3 Å². The minimum Gasteiger partial charge on any atom is -0.450 e. The van der Waals surface area contributed by atoms with Crippen LogP contribution in [-0.4, -0.2) is 26.6 Å². The third-order valence-corrected chi connectivity index (χ3v) is 5.01. The van der Waals surface area contributed by atoms with Gasteiger partial charge in [0, 0.05) is 23.3 Å². The van der Waals surface area contributed by atoms with Crippen molar-refractivity contribution >= 4 is 35.0 Å². The number of carbonyl (C=O) groups excluding carboxylic acids is 1. The van der Waals surface area contributed by atoms with Gasteiger partial charge >= 0.3 is 11.7 Å². The molecule has 36 heavy (non-hydrogen) atoms. The molecule has 0 aromatic heterocycles. The van der Waals surface area contributed by atoms with E-state index >= 15 is 0 Å². The lowest BCUT2D eigenvalue weighted by molar-refractivity contribution is -0.394. The number of cyclic esters (lactones) is 1. The molecule has 0 spiro atoms. The fourth-order valence-corrected chi connectivity index (χ4v) is 3.27. The SMILES string of the molecule is Cc1ccc(C2=NC(=Cc3cccc(Oc4ccc([N+](=O)[O-])cc4[N+](=O)[O-])c3)C(=O)O2)cc1[N+](=O)[O-]. The molecule has 0 radical (unpaired) electrons. The predicted molar refractivity (Wildman–Crippen MR) is 125 cm³/mol. The number of non-ortho nitro benzene ring substituents is 1. The average molecular weight is 490 g/mol. The maximum absolute atomic E-state index is 12.3. The Morgan fingerprint density at radius 2 is 1.64 bits per heavy atom. The number of rotatable bonds is 7. The number of ether oxygens (including phenoxy) is 2. The molecule has 4 rings (SSSR count). The van der Waals surface area contributed by atoms with Gasteiger partial charge in [-0.15, -0.1) is 0 Å². The summed E-state index contributed by atoms with van der Waals surface area (Å²) >= 11 is 0. The lowest BCUT2D eigenvalue weighted by Gasteiger charge is -2.07. The second-order valence-corrected chi connectivity index (χ2v) is 7.44. The van der Waals surface area contributed by atoms with Crippen LogP contribution in [0.25, 0.3) is 6.08 Å². The first-order valence-electron chi connectivity index (χ1n) is 10.1. The average Bonchev–Trinajstić information content (AvgIpc) is 3.19. The van der Waals surface area contributed by atoms with E-state index < -0.39 is 32.1 Å².